The molecule has 0 saturated carbocycles. The fourth-order valence-electron chi connectivity index (χ4n) is 1.16. The Morgan fingerprint density at radius 2 is 2.07 bits per heavy atom. The van der Waals surface area contributed by atoms with Gasteiger partial charge in [-0.25, -0.2) is 0 Å². The molecule has 0 atom stereocenters. The van der Waals surface area contributed by atoms with Crippen LogP contribution in [0.1, 0.15) is 18.9 Å². The van der Waals surface area contributed by atoms with Gasteiger partial charge in [0.15, 0.2) is 0 Å². The summed E-state index contributed by atoms with van der Waals surface area (Å²) in [5.74, 6) is 0. The first-order chi connectivity index (χ1) is 7.36. The Morgan fingerprint density at radius 1 is 1.33 bits per heavy atom. The van der Waals surface area contributed by atoms with Crippen LogP contribution in [-0.4, -0.2) is 19.9 Å². The van der Waals surface area contributed by atoms with Gasteiger partial charge < -0.3 is 4.74 Å². The largest absolute Gasteiger partial charge is 0.381 e. The lowest BCUT2D eigenvalue weighted by atomic mass is 10.2. The monoisotopic (exact) mass is 203 g/mol. The van der Waals surface area contributed by atoms with Gasteiger partial charge in [-0.1, -0.05) is 37.3 Å². The zero-order valence-electron chi connectivity index (χ0n) is 9.31. The molecule has 1 aromatic carbocycles. The van der Waals surface area contributed by atoms with E-state index in [1.807, 2.05) is 42.6 Å². The van der Waals surface area contributed by atoms with Crippen LogP contribution in [0, 0.1) is 0 Å². The first-order valence-electron chi connectivity index (χ1n) is 5.14. The minimum Gasteiger partial charge on any atom is -0.381 e. The van der Waals surface area contributed by atoms with Crippen molar-refractivity contribution in [3.05, 3.63) is 47.7 Å². The Hall–Kier alpha value is -1.41. The van der Waals surface area contributed by atoms with Crippen molar-refractivity contribution in [1.29, 1.82) is 0 Å². The van der Waals surface area contributed by atoms with Crippen LogP contribution in [0.3, 0.4) is 0 Å². The summed E-state index contributed by atoms with van der Waals surface area (Å²) >= 11 is 0. The van der Waals surface area contributed by atoms with E-state index >= 15 is 0 Å². The van der Waals surface area contributed by atoms with E-state index in [-0.39, 0.29) is 0 Å². The molecule has 0 aliphatic heterocycles. The molecule has 0 spiro atoms. The number of hydrogen-bond donors (Lipinski definition) is 0. The van der Waals surface area contributed by atoms with E-state index in [0.29, 0.717) is 6.61 Å². The van der Waals surface area contributed by atoms with E-state index in [2.05, 4.69) is 11.9 Å². The van der Waals surface area contributed by atoms with Crippen molar-refractivity contribution in [1.82, 2.24) is 0 Å². The van der Waals surface area contributed by atoms with Gasteiger partial charge >= 0.3 is 0 Å². The number of methoxy groups -OCH3 is 1. The molecule has 2 heteroatoms. The van der Waals surface area contributed by atoms with Gasteiger partial charge in [0.2, 0.25) is 0 Å². The molecule has 1 rings (SSSR count). The molecule has 0 heterocycles. The molecule has 0 fully saturated rings. The van der Waals surface area contributed by atoms with Crippen LogP contribution < -0.4 is 0 Å². The zero-order chi connectivity index (χ0) is 10.9. The van der Waals surface area contributed by atoms with Crippen LogP contribution >= 0.6 is 0 Å². The molecule has 15 heavy (non-hydrogen) atoms. The second kappa shape index (κ2) is 6.96. The van der Waals surface area contributed by atoms with Gasteiger partial charge in [0.1, 0.15) is 0 Å². The second-order valence-electron chi connectivity index (χ2n) is 3.17. The minimum atomic E-state index is 0.620. The third-order valence-corrected chi connectivity index (χ3v) is 2.03. The Labute approximate surface area is 91.3 Å². The normalized spacial score (nSPS) is 12.3. The van der Waals surface area contributed by atoms with Gasteiger partial charge in [-0.3, -0.25) is 4.99 Å². The second-order valence-corrected chi connectivity index (χ2v) is 3.17. The molecule has 2 nitrogen and oxygen atoms in total. The van der Waals surface area contributed by atoms with E-state index in [4.69, 9.17) is 4.74 Å². The first-order valence-corrected chi connectivity index (χ1v) is 5.14. The number of benzene rings is 1. The maximum Gasteiger partial charge on any atom is 0.0664 e. The van der Waals surface area contributed by atoms with Gasteiger partial charge in [0, 0.05) is 19.0 Å². The molecular formula is C13H17NO. The summed E-state index contributed by atoms with van der Waals surface area (Å²) in [4.78, 5) is 4.41. The quantitative estimate of drug-likeness (QED) is 0.674. The average Bonchev–Trinajstić information content (AvgIpc) is 2.31. The van der Waals surface area contributed by atoms with E-state index in [0.717, 1.165) is 17.7 Å². The molecule has 0 aliphatic rings. The number of rotatable bonds is 5. The van der Waals surface area contributed by atoms with Gasteiger partial charge in [-0.2, -0.15) is 0 Å². The highest BCUT2D eigenvalue weighted by Gasteiger charge is 1.89. The van der Waals surface area contributed by atoms with Crippen molar-refractivity contribution in [2.45, 2.75) is 13.3 Å². The molecule has 0 unspecified atom stereocenters. The third kappa shape index (κ3) is 4.56. The third-order valence-electron chi connectivity index (χ3n) is 2.03. The predicted octanol–water partition coefficient (Wildman–Crippen LogP) is 3.05. The van der Waals surface area contributed by atoms with Crippen molar-refractivity contribution in [2.24, 2.45) is 4.99 Å². The van der Waals surface area contributed by atoms with Crippen molar-refractivity contribution < 1.29 is 4.74 Å². The summed E-state index contributed by atoms with van der Waals surface area (Å²) in [6, 6.07) is 10.1. The highest BCUT2D eigenvalue weighted by Crippen LogP contribution is 2.03. The molecule has 80 valence electrons. The van der Waals surface area contributed by atoms with Gasteiger partial charge in [-0.05, 0) is 18.1 Å². The maximum atomic E-state index is 4.98. The van der Waals surface area contributed by atoms with Crippen molar-refractivity contribution in [2.75, 3.05) is 13.7 Å². The Bertz CT molecular complexity index is 328. The molecular weight excluding hydrogens is 186 g/mol. The molecule has 0 bridgehead atoms. The number of nitrogens with zero attached hydrogens (tertiary/aromatic N) is 1. The molecule has 1 aromatic rings. The first kappa shape index (κ1) is 11.7. The number of ether oxygens (including phenoxy) is 1. The fourth-order valence-corrected chi connectivity index (χ4v) is 1.16. The molecule has 0 radical (unpaired) electrons. The Morgan fingerprint density at radius 3 is 2.67 bits per heavy atom. The Kier molecular flexibility index (Phi) is 5.41. The SMILES string of the molecule is CCC(=CCOC)N=Cc1ccccc1. The lowest BCUT2D eigenvalue weighted by Gasteiger charge is -1.97. The highest BCUT2D eigenvalue weighted by molar-refractivity contribution is 5.80. The van der Waals surface area contributed by atoms with E-state index in [9.17, 15) is 0 Å². The Balaban J connectivity index is 2.63. The molecule has 0 aromatic heterocycles. The number of allylic oxidation sites excluding steroid dienone is 1. The van der Waals surface area contributed by atoms with Crippen LogP contribution in [0.25, 0.3) is 0 Å². The lowest BCUT2D eigenvalue weighted by Crippen LogP contribution is -1.87. The maximum absolute atomic E-state index is 4.98. The molecule has 0 N–H and O–H groups in total. The van der Waals surface area contributed by atoms with Crippen LogP contribution in [0.5, 0.6) is 0 Å². The molecule has 0 saturated heterocycles. The van der Waals surface area contributed by atoms with Crippen LogP contribution in [0.4, 0.5) is 0 Å². The van der Waals surface area contributed by atoms with E-state index in [1.165, 1.54) is 0 Å². The zero-order valence-corrected chi connectivity index (χ0v) is 9.31. The molecule has 0 aliphatic carbocycles. The summed E-state index contributed by atoms with van der Waals surface area (Å²) in [5, 5.41) is 0. The van der Waals surface area contributed by atoms with E-state index < -0.39 is 0 Å². The number of aliphatic imine (C=N–C) groups is 1. The van der Waals surface area contributed by atoms with Gasteiger partial charge in [-0.15, -0.1) is 0 Å². The number of hydrogen-bond acceptors (Lipinski definition) is 2. The summed E-state index contributed by atoms with van der Waals surface area (Å²) in [6.07, 6.45) is 4.80. The summed E-state index contributed by atoms with van der Waals surface area (Å²) in [7, 11) is 1.69. The van der Waals surface area contributed by atoms with Crippen molar-refractivity contribution in [3.63, 3.8) is 0 Å². The predicted molar refractivity (Wildman–Crippen MR) is 64.3 cm³/mol. The van der Waals surface area contributed by atoms with Crippen molar-refractivity contribution >= 4 is 6.21 Å². The van der Waals surface area contributed by atoms with Crippen LogP contribution in [0.15, 0.2) is 47.1 Å². The lowest BCUT2D eigenvalue weighted by molar-refractivity contribution is 0.233. The summed E-state index contributed by atoms with van der Waals surface area (Å²) < 4.78 is 4.98. The average molecular weight is 203 g/mol. The van der Waals surface area contributed by atoms with E-state index in [1.54, 1.807) is 7.11 Å². The molecule has 0 amide bonds. The summed E-state index contributed by atoms with van der Waals surface area (Å²) in [5.41, 5.74) is 2.18. The van der Waals surface area contributed by atoms with Gasteiger partial charge in [0.05, 0.1) is 6.61 Å². The fraction of sp³-hybridized carbons (Fsp3) is 0.308. The topological polar surface area (TPSA) is 21.6 Å². The van der Waals surface area contributed by atoms with Crippen LogP contribution in [-0.2, 0) is 4.74 Å². The standard InChI is InChI=1S/C13H17NO/c1-3-13(9-10-15-2)14-11-12-7-5-4-6-8-12/h4-9,11H,3,10H2,1-2H3. The smallest absolute Gasteiger partial charge is 0.0664 e. The highest BCUT2D eigenvalue weighted by atomic mass is 16.5. The van der Waals surface area contributed by atoms with Crippen molar-refractivity contribution in [3.8, 4) is 0 Å². The summed E-state index contributed by atoms with van der Waals surface area (Å²) in [6.45, 7) is 2.71. The van der Waals surface area contributed by atoms with Crippen LogP contribution in [0.2, 0.25) is 0 Å². The van der Waals surface area contributed by atoms with Gasteiger partial charge in [0.25, 0.3) is 0 Å². The minimum absolute atomic E-state index is 0.620.